The third-order valence-electron chi connectivity index (χ3n) is 5.22. The highest BCUT2D eigenvalue weighted by atomic mass is 32.1. The lowest BCUT2D eigenvalue weighted by Crippen LogP contribution is -2.46. The van der Waals surface area contributed by atoms with Crippen LogP contribution in [-0.4, -0.2) is 76.8 Å². The number of thiazole rings is 1. The number of hydrogen-bond acceptors (Lipinski definition) is 9. The van der Waals surface area contributed by atoms with E-state index in [9.17, 15) is 0 Å². The van der Waals surface area contributed by atoms with Gasteiger partial charge in [0.05, 0.1) is 44.2 Å². The molecule has 2 atom stereocenters. The van der Waals surface area contributed by atoms with Crippen LogP contribution in [0.2, 0.25) is 0 Å². The molecule has 0 spiro atoms. The third-order valence-corrected chi connectivity index (χ3v) is 6.21. The van der Waals surface area contributed by atoms with Gasteiger partial charge in [-0.1, -0.05) is 11.3 Å². The zero-order chi connectivity index (χ0) is 19.1. The molecule has 3 aromatic heterocycles. The second-order valence-corrected chi connectivity index (χ2v) is 8.20. The van der Waals surface area contributed by atoms with E-state index in [1.807, 2.05) is 6.07 Å². The first kappa shape index (κ1) is 17.8. The molecular weight excluding hydrogens is 378 g/mol. The Bertz CT molecular complexity index is 960. The summed E-state index contributed by atoms with van der Waals surface area (Å²) in [4.78, 5) is 20.2. The average molecular weight is 401 g/mol. The molecule has 2 fully saturated rings. The maximum Gasteiger partial charge on any atom is 0.229 e. The Labute approximate surface area is 166 Å². The Morgan fingerprint density at radius 2 is 1.79 bits per heavy atom. The highest BCUT2D eigenvalue weighted by Gasteiger charge is 2.28. The number of rotatable bonds is 3. The number of nitrogens with zero attached hydrogens (tertiary/aromatic N) is 6. The molecule has 0 aromatic carbocycles. The van der Waals surface area contributed by atoms with E-state index in [4.69, 9.17) is 24.4 Å². The minimum absolute atomic E-state index is 0.235. The van der Waals surface area contributed by atoms with Gasteiger partial charge >= 0.3 is 0 Å². The summed E-state index contributed by atoms with van der Waals surface area (Å²) in [5.41, 5.74) is 1.73. The van der Waals surface area contributed by atoms with Crippen LogP contribution in [0.5, 0.6) is 0 Å². The molecule has 0 saturated carbocycles. The quantitative estimate of drug-likeness (QED) is 0.712. The van der Waals surface area contributed by atoms with E-state index in [0.717, 1.165) is 45.9 Å². The largest absolute Gasteiger partial charge is 0.377 e. The maximum atomic E-state index is 5.63. The molecule has 3 aromatic rings. The van der Waals surface area contributed by atoms with Crippen molar-refractivity contribution >= 4 is 33.5 Å². The van der Waals surface area contributed by atoms with Gasteiger partial charge in [-0.25, -0.2) is 4.98 Å². The second-order valence-electron chi connectivity index (χ2n) is 7.22. The molecule has 2 saturated heterocycles. The fourth-order valence-corrected chi connectivity index (χ4v) is 4.59. The average Bonchev–Trinajstić information content (AvgIpc) is 3.37. The fraction of sp³-hybridized carbons (Fsp3) is 0.556. The van der Waals surface area contributed by atoms with Gasteiger partial charge < -0.3 is 19.3 Å². The van der Waals surface area contributed by atoms with Gasteiger partial charge in [-0.2, -0.15) is 15.1 Å². The predicted molar refractivity (Wildman–Crippen MR) is 108 cm³/mol. The maximum absolute atomic E-state index is 5.63. The van der Waals surface area contributed by atoms with Gasteiger partial charge in [-0.05, 0) is 19.9 Å². The van der Waals surface area contributed by atoms with Gasteiger partial charge in [-0.15, -0.1) is 0 Å². The van der Waals surface area contributed by atoms with Crippen molar-refractivity contribution in [2.24, 2.45) is 0 Å². The van der Waals surface area contributed by atoms with Crippen molar-refractivity contribution in [1.29, 1.82) is 0 Å². The summed E-state index contributed by atoms with van der Waals surface area (Å²) in [6.45, 7) is 8.64. The number of hydrogen-bond donors (Lipinski definition) is 1. The first-order valence-electron chi connectivity index (χ1n) is 9.58. The summed E-state index contributed by atoms with van der Waals surface area (Å²) in [6.07, 6.45) is 1.73. The van der Waals surface area contributed by atoms with Crippen molar-refractivity contribution in [1.82, 2.24) is 25.1 Å². The lowest BCUT2D eigenvalue weighted by atomic mass is 10.2. The Hall–Kier alpha value is -2.30. The van der Waals surface area contributed by atoms with Gasteiger partial charge in [0, 0.05) is 19.3 Å². The molecule has 148 valence electrons. The van der Waals surface area contributed by atoms with Crippen molar-refractivity contribution in [3.05, 3.63) is 12.3 Å². The number of morpholine rings is 2. The minimum Gasteiger partial charge on any atom is -0.377 e. The number of anilines is 2. The topological polar surface area (TPSA) is 92.3 Å². The van der Waals surface area contributed by atoms with Gasteiger partial charge in [0.25, 0.3) is 0 Å². The Morgan fingerprint density at radius 3 is 2.46 bits per heavy atom. The molecule has 28 heavy (non-hydrogen) atoms. The van der Waals surface area contributed by atoms with Crippen LogP contribution in [0.15, 0.2) is 12.3 Å². The molecule has 2 aliphatic rings. The lowest BCUT2D eigenvalue weighted by molar-refractivity contribution is 0.0973. The van der Waals surface area contributed by atoms with Crippen molar-refractivity contribution < 1.29 is 9.47 Å². The van der Waals surface area contributed by atoms with E-state index in [-0.39, 0.29) is 12.1 Å². The van der Waals surface area contributed by atoms with Crippen LogP contribution < -0.4 is 9.80 Å². The fourth-order valence-electron chi connectivity index (χ4n) is 3.68. The van der Waals surface area contributed by atoms with Crippen LogP contribution in [0.4, 0.5) is 11.8 Å². The van der Waals surface area contributed by atoms with Crippen molar-refractivity contribution in [2.45, 2.75) is 25.9 Å². The molecule has 0 amide bonds. The van der Waals surface area contributed by atoms with Gasteiger partial charge in [0.2, 0.25) is 5.95 Å². The predicted octanol–water partition coefficient (Wildman–Crippen LogP) is 1.93. The Kier molecular flexibility index (Phi) is 4.61. The molecular formula is C18H23N7O2S. The second kappa shape index (κ2) is 7.26. The molecule has 5 heterocycles. The highest BCUT2D eigenvalue weighted by molar-refractivity contribution is 7.21. The summed E-state index contributed by atoms with van der Waals surface area (Å²) >= 11 is 1.56. The summed E-state index contributed by atoms with van der Waals surface area (Å²) < 4.78 is 11.2. The number of aromatic amines is 1. The molecule has 0 aliphatic carbocycles. The monoisotopic (exact) mass is 401 g/mol. The van der Waals surface area contributed by atoms with Crippen LogP contribution in [0.1, 0.15) is 13.8 Å². The van der Waals surface area contributed by atoms with E-state index < -0.39 is 0 Å². The van der Waals surface area contributed by atoms with E-state index in [1.54, 1.807) is 17.5 Å². The first-order chi connectivity index (χ1) is 13.7. The zero-order valence-corrected chi connectivity index (χ0v) is 16.8. The number of H-pyrrole nitrogens is 1. The van der Waals surface area contributed by atoms with Crippen LogP contribution >= 0.6 is 11.3 Å². The molecule has 9 nitrogen and oxygen atoms in total. The van der Waals surface area contributed by atoms with Gasteiger partial charge in [-0.3, -0.25) is 5.10 Å². The number of aromatic nitrogens is 5. The SMILES string of the molecule is CC1COCCN1c1nc(N2CCOCC2C)c2nc(-c3ccn[nH]3)sc2n1. The standard InChI is InChI=1S/C18H23N7O2S/c1-11-9-26-7-5-24(11)15-14-17(28-16(20-14)13-3-4-19-23-13)22-18(21-15)25-6-8-27-10-12(25)2/h3-4,11-12H,5-10H2,1-2H3,(H,19,23). The van der Waals surface area contributed by atoms with Crippen LogP contribution in [0.25, 0.3) is 21.0 Å². The minimum atomic E-state index is 0.235. The molecule has 0 bridgehead atoms. The molecule has 2 unspecified atom stereocenters. The number of nitrogens with one attached hydrogen (secondary N) is 1. The van der Waals surface area contributed by atoms with E-state index in [0.29, 0.717) is 26.4 Å². The number of ether oxygens (including phenoxy) is 2. The summed E-state index contributed by atoms with van der Waals surface area (Å²) in [5.74, 6) is 1.63. The van der Waals surface area contributed by atoms with Crippen LogP contribution in [0.3, 0.4) is 0 Å². The van der Waals surface area contributed by atoms with Crippen LogP contribution in [0, 0.1) is 0 Å². The number of fused-ring (bicyclic) bond motifs is 1. The third kappa shape index (κ3) is 3.11. The Morgan fingerprint density at radius 1 is 1.04 bits per heavy atom. The lowest BCUT2D eigenvalue weighted by Gasteiger charge is -2.36. The van der Waals surface area contributed by atoms with Crippen molar-refractivity contribution in [3.8, 4) is 10.7 Å². The highest BCUT2D eigenvalue weighted by Crippen LogP contribution is 2.35. The van der Waals surface area contributed by atoms with E-state index in [2.05, 4.69) is 33.8 Å². The zero-order valence-electron chi connectivity index (χ0n) is 16.0. The molecule has 0 radical (unpaired) electrons. The van der Waals surface area contributed by atoms with Gasteiger partial charge in [0.15, 0.2) is 10.6 Å². The summed E-state index contributed by atoms with van der Waals surface area (Å²) in [5, 5.41) is 7.92. The normalized spacial score (nSPS) is 23.5. The van der Waals surface area contributed by atoms with Crippen LogP contribution in [-0.2, 0) is 9.47 Å². The van der Waals surface area contributed by atoms with E-state index in [1.165, 1.54) is 0 Å². The molecule has 10 heteroatoms. The van der Waals surface area contributed by atoms with Gasteiger partial charge in [0.1, 0.15) is 10.5 Å². The Balaban J connectivity index is 1.65. The van der Waals surface area contributed by atoms with E-state index >= 15 is 0 Å². The summed E-state index contributed by atoms with van der Waals surface area (Å²) in [7, 11) is 0. The molecule has 2 aliphatic heterocycles. The van der Waals surface area contributed by atoms with Crippen molar-refractivity contribution in [2.75, 3.05) is 49.3 Å². The van der Waals surface area contributed by atoms with Crippen molar-refractivity contribution in [3.63, 3.8) is 0 Å². The first-order valence-corrected chi connectivity index (χ1v) is 10.4. The molecule has 1 N–H and O–H groups in total. The summed E-state index contributed by atoms with van der Waals surface area (Å²) in [6, 6.07) is 2.40. The molecule has 5 rings (SSSR count). The smallest absolute Gasteiger partial charge is 0.229 e.